The molecule has 2 aromatic rings. The van der Waals surface area contributed by atoms with Gasteiger partial charge in [-0.3, -0.25) is 0 Å². The zero-order chi connectivity index (χ0) is 16.5. The van der Waals surface area contributed by atoms with Gasteiger partial charge < -0.3 is 10.2 Å². The van der Waals surface area contributed by atoms with E-state index in [1.54, 1.807) is 0 Å². The smallest absolute Gasteiger partial charge is 0.157 e. The molecule has 0 aromatic carbocycles. The minimum atomic E-state index is 0.834. The van der Waals surface area contributed by atoms with Gasteiger partial charge in [-0.25, -0.2) is 4.98 Å². The van der Waals surface area contributed by atoms with Gasteiger partial charge in [-0.05, 0) is 65.0 Å². The molecule has 4 heterocycles. The molecule has 0 spiro atoms. The number of nitrogens with one attached hydrogen (secondary N) is 1. The molecule has 0 saturated carbocycles. The number of anilines is 1. The van der Waals surface area contributed by atoms with Crippen molar-refractivity contribution in [1.82, 2.24) is 19.5 Å². The molecule has 24 heavy (non-hydrogen) atoms. The van der Waals surface area contributed by atoms with Gasteiger partial charge in [0.2, 0.25) is 0 Å². The number of hydrogen-bond acceptors (Lipinski definition) is 4. The van der Waals surface area contributed by atoms with Gasteiger partial charge in [-0.2, -0.15) is 9.61 Å². The lowest BCUT2D eigenvalue weighted by Crippen LogP contribution is -2.48. The van der Waals surface area contributed by atoms with Gasteiger partial charge in [0.05, 0.1) is 5.69 Å². The van der Waals surface area contributed by atoms with E-state index < -0.39 is 0 Å². The molecule has 2 aromatic heterocycles. The maximum atomic E-state index is 4.57. The SMILES string of the molecule is Cc1cc(NCC[C@@H]2CCCN3CCCC[C@H]23)n2nc(C)cc2n1. The fourth-order valence-corrected chi connectivity index (χ4v) is 4.64. The number of hydrogen-bond donors (Lipinski definition) is 1. The van der Waals surface area contributed by atoms with Crippen LogP contribution in [0, 0.1) is 19.8 Å². The van der Waals surface area contributed by atoms with Crippen LogP contribution in [-0.4, -0.2) is 45.2 Å². The minimum absolute atomic E-state index is 0.834. The molecule has 1 N–H and O–H groups in total. The first-order valence-electron chi connectivity index (χ1n) is 9.53. The first-order chi connectivity index (χ1) is 11.7. The van der Waals surface area contributed by atoms with E-state index in [9.17, 15) is 0 Å². The molecule has 0 bridgehead atoms. The Balaban J connectivity index is 1.42. The van der Waals surface area contributed by atoms with Crippen molar-refractivity contribution in [2.45, 2.75) is 58.4 Å². The molecule has 0 amide bonds. The third kappa shape index (κ3) is 3.14. The van der Waals surface area contributed by atoms with Crippen LogP contribution in [-0.2, 0) is 0 Å². The minimum Gasteiger partial charge on any atom is -0.370 e. The van der Waals surface area contributed by atoms with Crippen LogP contribution in [0.1, 0.15) is 49.9 Å². The van der Waals surface area contributed by atoms with E-state index in [4.69, 9.17) is 0 Å². The molecule has 2 aliphatic rings. The highest BCUT2D eigenvalue weighted by Gasteiger charge is 2.32. The summed E-state index contributed by atoms with van der Waals surface area (Å²) in [5, 5.41) is 8.20. The molecular weight excluding hydrogens is 298 g/mol. The average molecular weight is 327 g/mol. The Hall–Kier alpha value is -1.62. The first kappa shape index (κ1) is 15.9. The van der Waals surface area contributed by atoms with Gasteiger partial charge in [0.25, 0.3) is 0 Å². The summed E-state index contributed by atoms with van der Waals surface area (Å²) >= 11 is 0. The van der Waals surface area contributed by atoms with E-state index in [0.29, 0.717) is 0 Å². The molecule has 5 heteroatoms. The molecule has 0 aliphatic carbocycles. The second-order valence-corrected chi connectivity index (χ2v) is 7.56. The molecule has 2 atom stereocenters. The molecule has 5 nitrogen and oxygen atoms in total. The Morgan fingerprint density at radius 3 is 2.88 bits per heavy atom. The molecule has 130 valence electrons. The monoisotopic (exact) mass is 327 g/mol. The molecule has 4 rings (SSSR count). The maximum Gasteiger partial charge on any atom is 0.157 e. The number of piperidine rings is 2. The fraction of sp³-hybridized carbons (Fsp3) is 0.684. The van der Waals surface area contributed by atoms with E-state index in [-0.39, 0.29) is 0 Å². The normalized spacial score (nSPS) is 24.9. The van der Waals surface area contributed by atoms with Crippen molar-refractivity contribution >= 4 is 11.5 Å². The van der Waals surface area contributed by atoms with Crippen LogP contribution in [0.4, 0.5) is 5.82 Å². The highest BCUT2D eigenvalue weighted by atomic mass is 15.3. The predicted octanol–water partition coefficient (Wildman–Crippen LogP) is 3.41. The van der Waals surface area contributed by atoms with Crippen LogP contribution in [0.2, 0.25) is 0 Å². The predicted molar refractivity (Wildman–Crippen MR) is 97.5 cm³/mol. The Morgan fingerprint density at radius 2 is 1.96 bits per heavy atom. The molecule has 0 unspecified atom stereocenters. The molecule has 0 radical (unpaired) electrons. The zero-order valence-corrected chi connectivity index (χ0v) is 15.0. The van der Waals surface area contributed by atoms with E-state index in [2.05, 4.69) is 33.3 Å². The lowest BCUT2D eigenvalue weighted by atomic mass is 9.82. The Morgan fingerprint density at radius 1 is 1.08 bits per heavy atom. The Labute approximate surface area is 144 Å². The van der Waals surface area contributed by atoms with Crippen molar-refractivity contribution in [1.29, 1.82) is 0 Å². The van der Waals surface area contributed by atoms with E-state index in [1.165, 1.54) is 51.6 Å². The highest BCUT2D eigenvalue weighted by molar-refractivity contribution is 5.50. The quantitative estimate of drug-likeness (QED) is 0.935. The van der Waals surface area contributed by atoms with Crippen LogP contribution in [0.3, 0.4) is 0 Å². The Kier molecular flexibility index (Phi) is 4.44. The summed E-state index contributed by atoms with van der Waals surface area (Å²) in [6.07, 6.45) is 8.24. The second kappa shape index (κ2) is 6.71. The van der Waals surface area contributed by atoms with Crippen molar-refractivity contribution in [3.8, 4) is 0 Å². The summed E-state index contributed by atoms with van der Waals surface area (Å²) in [6.45, 7) is 7.74. The van der Waals surface area contributed by atoms with Crippen LogP contribution in [0.15, 0.2) is 12.1 Å². The summed E-state index contributed by atoms with van der Waals surface area (Å²) in [7, 11) is 0. The maximum absolute atomic E-state index is 4.57. The number of rotatable bonds is 4. The largest absolute Gasteiger partial charge is 0.370 e. The topological polar surface area (TPSA) is 45.5 Å². The van der Waals surface area contributed by atoms with E-state index in [1.807, 2.05) is 17.5 Å². The van der Waals surface area contributed by atoms with Crippen LogP contribution in [0.25, 0.3) is 5.65 Å². The van der Waals surface area contributed by atoms with Crippen LogP contribution < -0.4 is 5.32 Å². The summed E-state index contributed by atoms with van der Waals surface area (Å²) < 4.78 is 1.94. The highest BCUT2D eigenvalue weighted by Crippen LogP contribution is 2.32. The Bertz CT molecular complexity index is 705. The van der Waals surface area contributed by atoms with E-state index in [0.717, 1.165) is 41.4 Å². The average Bonchev–Trinajstić information content (AvgIpc) is 2.95. The summed E-state index contributed by atoms with van der Waals surface area (Å²) in [6, 6.07) is 4.98. The number of aromatic nitrogens is 3. The van der Waals surface area contributed by atoms with Gasteiger partial charge in [-0.15, -0.1) is 0 Å². The number of fused-ring (bicyclic) bond motifs is 2. The van der Waals surface area contributed by atoms with Gasteiger partial charge in [0.1, 0.15) is 5.82 Å². The lowest BCUT2D eigenvalue weighted by molar-refractivity contribution is 0.0573. The lowest BCUT2D eigenvalue weighted by Gasteiger charge is -2.44. The molecule has 2 aliphatic heterocycles. The summed E-state index contributed by atoms with van der Waals surface area (Å²) in [4.78, 5) is 7.32. The fourth-order valence-electron chi connectivity index (χ4n) is 4.64. The number of aryl methyl sites for hydroxylation is 2. The van der Waals surface area contributed by atoms with Gasteiger partial charge in [-0.1, -0.05) is 6.42 Å². The summed E-state index contributed by atoms with van der Waals surface area (Å²) in [5.74, 6) is 1.92. The van der Waals surface area contributed by atoms with Gasteiger partial charge in [0, 0.05) is 30.4 Å². The molecule has 2 saturated heterocycles. The van der Waals surface area contributed by atoms with Crippen LogP contribution >= 0.6 is 0 Å². The van der Waals surface area contributed by atoms with Crippen LogP contribution in [0.5, 0.6) is 0 Å². The molecular formula is C19H29N5. The first-order valence-corrected chi connectivity index (χ1v) is 9.53. The van der Waals surface area contributed by atoms with Gasteiger partial charge >= 0.3 is 0 Å². The van der Waals surface area contributed by atoms with Crippen molar-refractivity contribution < 1.29 is 0 Å². The third-order valence-electron chi connectivity index (χ3n) is 5.73. The van der Waals surface area contributed by atoms with Crippen molar-refractivity contribution in [3.63, 3.8) is 0 Å². The second-order valence-electron chi connectivity index (χ2n) is 7.56. The van der Waals surface area contributed by atoms with Gasteiger partial charge in [0.15, 0.2) is 5.65 Å². The standard InChI is InChI=1S/C19H29N5/c1-14-12-18(24-19(21-14)13-15(2)22-24)20-9-8-16-6-5-11-23-10-4-3-7-17(16)23/h12-13,16-17,20H,3-11H2,1-2H3/t16-,17+/m0/s1. The van der Waals surface area contributed by atoms with Crippen molar-refractivity contribution in [2.24, 2.45) is 5.92 Å². The zero-order valence-electron chi connectivity index (χ0n) is 15.0. The summed E-state index contributed by atoms with van der Waals surface area (Å²) in [5.41, 5.74) is 2.99. The number of nitrogens with zero attached hydrogens (tertiary/aromatic N) is 4. The van der Waals surface area contributed by atoms with Crippen molar-refractivity contribution in [2.75, 3.05) is 25.0 Å². The van der Waals surface area contributed by atoms with E-state index >= 15 is 0 Å². The van der Waals surface area contributed by atoms with Crippen molar-refractivity contribution in [3.05, 3.63) is 23.5 Å². The third-order valence-corrected chi connectivity index (χ3v) is 5.73. The molecule has 2 fully saturated rings.